The number of rotatable bonds is 3. The molecule has 0 saturated heterocycles. The fraction of sp³-hybridized carbons (Fsp3) is 0.143. The van der Waals surface area contributed by atoms with Crippen LogP contribution in [0.4, 0.5) is 5.82 Å². The van der Waals surface area contributed by atoms with Crippen LogP contribution in [0.3, 0.4) is 0 Å². The number of hydrogen-bond donors (Lipinski definition) is 2. The summed E-state index contributed by atoms with van der Waals surface area (Å²) < 4.78 is 0. The number of para-hydroxylation sites is 1. The van der Waals surface area contributed by atoms with Crippen molar-refractivity contribution in [2.45, 2.75) is 12.8 Å². The highest BCUT2D eigenvalue weighted by Gasteiger charge is 2.04. The molecule has 18 heavy (non-hydrogen) atoms. The number of aryl methyl sites for hydroxylation is 2. The Balaban J connectivity index is 1.81. The SMILES string of the molecule is Nc1ccnc(CCc2c[nH]c3ccccc23)n1. The van der Waals surface area contributed by atoms with Crippen molar-refractivity contribution in [3.63, 3.8) is 0 Å². The van der Waals surface area contributed by atoms with E-state index in [2.05, 4.69) is 39.3 Å². The second kappa shape index (κ2) is 4.49. The summed E-state index contributed by atoms with van der Waals surface area (Å²) in [5.74, 6) is 1.32. The number of nitrogen functional groups attached to an aromatic ring is 1. The number of aromatic amines is 1. The third kappa shape index (κ3) is 2.05. The van der Waals surface area contributed by atoms with Crippen molar-refractivity contribution in [3.05, 3.63) is 54.1 Å². The van der Waals surface area contributed by atoms with Gasteiger partial charge in [0.25, 0.3) is 0 Å². The maximum Gasteiger partial charge on any atom is 0.130 e. The molecule has 0 radical (unpaired) electrons. The first-order chi connectivity index (χ1) is 8.83. The standard InChI is InChI=1S/C14H14N4/c15-13-7-8-16-14(18-13)6-5-10-9-17-12-4-2-1-3-11(10)12/h1-4,7-9,17H,5-6H2,(H2,15,16,18). The molecule has 0 aliphatic carbocycles. The van der Waals surface area contributed by atoms with Gasteiger partial charge in [-0.05, 0) is 24.1 Å². The smallest absolute Gasteiger partial charge is 0.130 e. The summed E-state index contributed by atoms with van der Waals surface area (Å²) in [6.45, 7) is 0. The lowest BCUT2D eigenvalue weighted by molar-refractivity contribution is 0.865. The van der Waals surface area contributed by atoms with Crippen LogP contribution in [-0.2, 0) is 12.8 Å². The van der Waals surface area contributed by atoms with E-state index in [-0.39, 0.29) is 0 Å². The first-order valence-corrected chi connectivity index (χ1v) is 5.95. The molecule has 0 fully saturated rings. The van der Waals surface area contributed by atoms with Crippen molar-refractivity contribution in [2.24, 2.45) is 0 Å². The van der Waals surface area contributed by atoms with Crippen LogP contribution in [0, 0.1) is 0 Å². The van der Waals surface area contributed by atoms with E-state index in [0.29, 0.717) is 5.82 Å². The van der Waals surface area contributed by atoms with Crippen LogP contribution in [-0.4, -0.2) is 15.0 Å². The van der Waals surface area contributed by atoms with E-state index in [1.807, 2.05) is 6.07 Å². The van der Waals surface area contributed by atoms with Crippen LogP contribution in [0.5, 0.6) is 0 Å². The first-order valence-electron chi connectivity index (χ1n) is 5.95. The Labute approximate surface area is 105 Å². The van der Waals surface area contributed by atoms with Gasteiger partial charge in [-0.15, -0.1) is 0 Å². The molecule has 1 aromatic carbocycles. The Morgan fingerprint density at radius 1 is 1.11 bits per heavy atom. The zero-order valence-corrected chi connectivity index (χ0v) is 9.93. The van der Waals surface area contributed by atoms with Crippen LogP contribution in [0.15, 0.2) is 42.7 Å². The fourth-order valence-electron chi connectivity index (χ4n) is 2.12. The van der Waals surface area contributed by atoms with Crippen LogP contribution < -0.4 is 5.73 Å². The topological polar surface area (TPSA) is 67.6 Å². The fourth-order valence-corrected chi connectivity index (χ4v) is 2.12. The molecule has 3 N–H and O–H groups in total. The highest BCUT2D eigenvalue weighted by atomic mass is 14.9. The lowest BCUT2D eigenvalue weighted by Crippen LogP contribution is -2.00. The minimum absolute atomic E-state index is 0.527. The van der Waals surface area contributed by atoms with Crippen molar-refractivity contribution in [3.8, 4) is 0 Å². The van der Waals surface area contributed by atoms with Gasteiger partial charge >= 0.3 is 0 Å². The van der Waals surface area contributed by atoms with Gasteiger partial charge in [0.15, 0.2) is 0 Å². The Bertz CT molecular complexity index is 672. The van der Waals surface area contributed by atoms with E-state index in [9.17, 15) is 0 Å². The largest absolute Gasteiger partial charge is 0.384 e. The van der Waals surface area contributed by atoms with Crippen molar-refractivity contribution in [2.75, 3.05) is 5.73 Å². The van der Waals surface area contributed by atoms with Crippen LogP contribution in [0.2, 0.25) is 0 Å². The van der Waals surface area contributed by atoms with Gasteiger partial charge in [-0.3, -0.25) is 0 Å². The summed E-state index contributed by atoms with van der Waals surface area (Å²) in [5.41, 5.74) is 8.10. The Hall–Kier alpha value is -2.36. The molecule has 4 nitrogen and oxygen atoms in total. The van der Waals surface area contributed by atoms with Gasteiger partial charge in [-0.25, -0.2) is 9.97 Å². The molecule has 0 atom stereocenters. The van der Waals surface area contributed by atoms with Gasteiger partial charge in [0.05, 0.1) is 0 Å². The number of nitrogens with one attached hydrogen (secondary N) is 1. The Kier molecular flexibility index (Phi) is 2.68. The van der Waals surface area contributed by atoms with Crippen LogP contribution >= 0.6 is 0 Å². The quantitative estimate of drug-likeness (QED) is 0.735. The summed E-state index contributed by atoms with van der Waals surface area (Å²) in [5, 5.41) is 1.27. The number of aromatic nitrogens is 3. The normalized spacial score (nSPS) is 10.9. The second-order valence-corrected chi connectivity index (χ2v) is 4.26. The molecule has 0 aliphatic rings. The summed E-state index contributed by atoms with van der Waals surface area (Å²) >= 11 is 0. The summed E-state index contributed by atoms with van der Waals surface area (Å²) in [6.07, 6.45) is 5.46. The monoisotopic (exact) mass is 238 g/mol. The van der Waals surface area contributed by atoms with Crippen molar-refractivity contribution in [1.29, 1.82) is 0 Å². The van der Waals surface area contributed by atoms with E-state index in [0.717, 1.165) is 18.7 Å². The maximum absolute atomic E-state index is 5.64. The molecule has 0 spiro atoms. The number of nitrogens with zero attached hydrogens (tertiary/aromatic N) is 2. The Morgan fingerprint density at radius 3 is 2.89 bits per heavy atom. The Morgan fingerprint density at radius 2 is 2.00 bits per heavy atom. The third-order valence-electron chi connectivity index (χ3n) is 3.02. The van der Waals surface area contributed by atoms with Crippen molar-refractivity contribution < 1.29 is 0 Å². The number of H-pyrrole nitrogens is 1. The average molecular weight is 238 g/mol. The third-order valence-corrected chi connectivity index (χ3v) is 3.02. The lowest BCUT2D eigenvalue weighted by atomic mass is 10.1. The molecule has 90 valence electrons. The number of fused-ring (bicyclic) bond motifs is 1. The molecular weight excluding hydrogens is 224 g/mol. The first kappa shape index (κ1) is 10.8. The molecule has 0 aliphatic heterocycles. The zero-order valence-electron chi connectivity index (χ0n) is 9.93. The molecule has 0 bridgehead atoms. The molecule has 4 heteroatoms. The van der Waals surface area contributed by atoms with Crippen molar-refractivity contribution >= 4 is 16.7 Å². The van der Waals surface area contributed by atoms with Gasteiger partial charge < -0.3 is 10.7 Å². The van der Waals surface area contributed by atoms with E-state index in [1.165, 1.54) is 16.5 Å². The predicted molar refractivity (Wildman–Crippen MR) is 72.2 cm³/mol. The van der Waals surface area contributed by atoms with Gasteiger partial charge in [0, 0.05) is 29.7 Å². The number of anilines is 1. The minimum atomic E-state index is 0.527. The predicted octanol–water partition coefficient (Wildman–Crippen LogP) is 2.33. The van der Waals surface area contributed by atoms with Crippen LogP contribution in [0.1, 0.15) is 11.4 Å². The molecule has 0 unspecified atom stereocenters. The molecule has 3 aromatic rings. The molecule has 0 saturated carbocycles. The summed E-state index contributed by atoms with van der Waals surface area (Å²) in [6, 6.07) is 9.99. The molecular formula is C14H14N4. The van der Waals surface area contributed by atoms with E-state index < -0.39 is 0 Å². The van der Waals surface area contributed by atoms with Gasteiger partial charge in [0.2, 0.25) is 0 Å². The lowest BCUT2D eigenvalue weighted by Gasteiger charge is -2.00. The van der Waals surface area contributed by atoms with E-state index >= 15 is 0 Å². The number of benzene rings is 1. The zero-order chi connectivity index (χ0) is 12.4. The summed E-state index contributed by atoms with van der Waals surface area (Å²) in [7, 11) is 0. The average Bonchev–Trinajstić information content (AvgIpc) is 2.80. The van der Waals surface area contributed by atoms with Gasteiger partial charge in [0.1, 0.15) is 11.6 Å². The summed E-state index contributed by atoms with van der Waals surface area (Å²) in [4.78, 5) is 11.7. The van der Waals surface area contributed by atoms with Crippen LogP contribution in [0.25, 0.3) is 10.9 Å². The molecule has 3 rings (SSSR count). The molecule has 0 amide bonds. The minimum Gasteiger partial charge on any atom is -0.384 e. The highest BCUT2D eigenvalue weighted by Crippen LogP contribution is 2.18. The van der Waals surface area contributed by atoms with E-state index in [1.54, 1.807) is 12.3 Å². The van der Waals surface area contributed by atoms with Gasteiger partial charge in [-0.1, -0.05) is 18.2 Å². The van der Waals surface area contributed by atoms with Gasteiger partial charge in [-0.2, -0.15) is 0 Å². The maximum atomic E-state index is 5.64. The molecule has 2 aromatic heterocycles. The highest BCUT2D eigenvalue weighted by molar-refractivity contribution is 5.83. The number of nitrogens with two attached hydrogens (primary N) is 1. The van der Waals surface area contributed by atoms with E-state index in [4.69, 9.17) is 5.73 Å². The molecule has 2 heterocycles. The second-order valence-electron chi connectivity index (χ2n) is 4.26. The number of hydrogen-bond acceptors (Lipinski definition) is 3. The van der Waals surface area contributed by atoms with Crippen molar-refractivity contribution in [1.82, 2.24) is 15.0 Å².